The van der Waals surface area contributed by atoms with Crippen molar-refractivity contribution in [2.24, 2.45) is 0 Å². The Kier molecular flexibility index (Phi) is 4.80. The second-order valence-electron chi connectivity index (χ2n) is 3.06. The van der Waals surface area contributed by atoms with Crippen LogP contribution in [0, 0.1) is 11.3 Å². The van der Waals surface area contributed by atoms with E-state index in [9.17, 15) is 4.79 Å². The molecule has 1 atom stereocenters. The molecular weight excluding hydrogens is 272 g/mol. The summed E-state index contributed by atoms with van der Waals surface area (Å²) in [5, 5.41) is 11.7. The Bertz CT molecular complexity index is 397. The number of anilines is 1. The summed E-state index contributed by atoms with van der Waals surface area (Å²) in [4.78, 5) is 10.7. The highest BCUT2D eigenvalue weighted by Gasteiger charge is 2.14. The maximum Gasteiger partial charge on any atom is 0.321 e. The number of nitrogens with one attached hydrogen (secondary N) is 1. The maximum atomic E-state index is 11.1. The first-order chi connectivity index (χ1) is 7.67. The number of esters is 1. The number of nitrogens with zero attached hydrogens (tertiary/aromatic N) is 1. The molecule has 5 heteroatoms. The van der Waals surface area contributed by atoms with Gasteiger partial charge in [-0.1, -0.05) is 15.9 Å². The van der Waals surface area contributed by atoms with Crippen molar-refractivity contribution in [3.63, 3.8) is 0 Å². The van der Waals surface area contributed by atoms with Crippen molar-refractivity contribution < 1.29 is 9.53 Å². The second kappa shape index (κ2) is 6.13. The first kappa shape index (κ1) is 12.5. The predicted octanol–water partition coefficient (Wildman–Crippen LogP) is 1.91. The quantitative estimate of drug-likeness (QED) is 0.677. The van der Waals surface area contributed by atoms with Gasteiger partial charge < -0.3 is 10.1 Å². The minimum Gasteiger partial charge on any atom is -0.468 e. The SMILES string of the molecule is COC(=O)C(Br)CNc1ccc(C#N)cc1. The Morgan fingerprint density at radius 3 is 2.69 bits per heavy atom. The molecule has 1 N–H and O–H groups in total. The zero-order valence-electron chi connectivity index (χ0n) is 8.74. The number of nitriles is 1. The number of carbonyl (C=O) groups excluding carboxylic acids is 1. The van der Waals surface area contributed by atoms with Gasteiger partial charge in [0, 0.05) is 12.2 Å². The fraction of sp³-hybridized carbons (Fsp3) is 0.273. The van der Waals surface area contributed by atoms with Crippen LogP contribution in [0.2, 0.25) is 0 Å². The Balaban J connectivity index is 2.49. The van der Waals surface area contributed by atoms with Crippen molar-refractivity contribution in [1.29, 1.82) is 5.26 Å². The van der Waals surface area contributed by atoms with Gasteiger partial charge in [-0.2, -0.15) is 5.26 Å². The van der Waals surface area contributed by atoms with E-state index >= 15 is 0 Å². The monoisotopic (exact) mass is 282 g/mol. The number of ether oxygens (including phenoxy) is 1. The van der Waals surface area contributed by atoms with Crippen LogP contribution in [0.25, 0.3) is 0 Å². The summed E-state index contributed by atoms with van der Waals surface area (Å²) in [5.41, 5.74) is 1.46. The molecule has 0 aliphatic rings. The van der Waals surface area contributed by atoms with Gasteiger partial charge in [-0.15, -0.1) is 0 Å². The predicted molar refractivity (Wildman–Crippen MR) is 64.4 cm³/mol. The van der Waals surface area contributed by atoms with Gasteiger partial charge in [-0.25, -0.2) is 0 Å². The van der Waals surface area contributed by atoms with Crippen molar-refractivity contribution in [3.8, 4) is 6.07 Å². The number of hydrogen-bond donors (Lipinski definition) is 1. The molecule has 1 unspecified atom stereocenters. The van der Waals surface area contributed by atoms with Crippen molar-refractivity contribution >= 4 is 27.6 Å². The third-order valence-corrected chi connectivity index (χ3v) is 2.65. The van der Waals surface area contributed by atoms with E-state index in [0.29, 0.717) is 12.1 Å². The fourth-order valence-corrected chi connectivity index (χ4v) is 1.43. The van der Waals surface area contributed by atoms with Crippen molar-refractivity contribution in [2.75, 3.05) is 19.0 Å². The molecule has 4 nitrogen and oxygen atoms in total. The normalized spacial score (nSPS) is 11.3. The smallest absolute Gasteiger partial charge is 0.321 e. The Morgan fingerprint density at radius 1 is 1.56 bits per heavy atom. The van der Waals surface area contributed by atoms with Crippen LogP contribution in [0.15, 0.2) is 24.3 Å². The maximum absolute atomic E-state index is 11.1. The fourth-order valence-electron chi connectivity index (χ4n) is 1.08. The molecule has 0 aliphatic carbocycles. The van der Waals surface area contributed by atoms with E-state index in [2.05, 4.69) is 26.0 Å². The molecule has 84 valence electrons. The molecule has 0 fully saturated rings. The summed E-state index contributed by atoms with van der Waals surface area (Å²) in [6, 6.07) is 9.03. The van der Waals surface area contributed by atoms with Crippen LogP contribution >= 0.6 is 15.9 Å². The lowest BCUT2D eigenvalue weighted by Crippen LogP contribution is -2.24. The lowest BCUT2D eigenvalue weighted by Gasteiger charge is -2.10. The topological polar surface area (TPSA) is 62.1 Å². The first-order valence-electron chi connectivity index (χ1n) is 4.63. The van der Waals surface area contributed by atoms with Gasteiger partial charge in [-0.05, 0) is 24.3 Å². The van der Waals surface area contributed by atoms with Gasteiger partial charge in [-0.3, -0.25) is 4.79 Å². The Labute approximate surface area is 102 Å². The molecule has 16 heavy (non-hydrogen) atoms. The zero-order chi connectivity index (χ0) is 12.0. The lowest BCUT2D eigenvalue weighted by molar-refractivity contribution is -0.139. The average Bonchev–Trinajstić information content (AvgIpc) is 2.35. The first-order valence-corrected chi connectivity index (χ1v) is 5.55. The molecule has 0 bridgehead atoms. The third kappa shape index (κ3) is 3.55. The van der Waals surface area contributed by atoms with Crippen LogP contribution in [0.3, 0.4) is 0 Å². The van der Waals surface area contributed by atoms with E-state index < -0.39 is 0 Å². The van der Waals surface area contributed by atoms with Crippen LogP contribution in [0.4, 0.5) is 5.69 Å². The summed E-state index contributed by atoms with van der Waals surface area (Å²) in [6.07, 6.45) is 0. The van der Waals surface area contributed by atoms with Crippen LogP contribution in [0.1, 0.15) is 5.56 Å². The molecule has 0 heterocycles. The molecule has 1 aromatic rings. The summed E-state index contributed by atoms with van der Waals surface area (Å²) in [7, 11) is 1.35. The minimum absolute atomic E-state index is 0.318. The largest absolute Gasteiger partial charge is 0.468 e. The molecule has 0 radical (unpaired) electrons. The molecule has 0 amide bonds. The van der Waals surface area contributed by atoms with Crippen molar-refractivity contribution in [2.45, 2.75) is 4.83 Å². The Hall–Kier alpha value is -1.54. The number of benzene rings is 1. The minimum atomic E-state index is -0.381. The van der Waals surface area contributed by atoms with Gasteiger partial charge in [0.05, 0.1) is 18.7 Å². The standard InChI is InChI=1S/C11H11BrN2O2/c1-16-11(15)10(12)7-14-9-4-2-8(6-13)3-5-9/h2-5,10,14H,7H2,1H3. The van der Waals surface area contributed by atoms with Crippen LogP contribution < -0.4 is 5.32 Å². The van der Waals surface area contributed by atoms with Crippen LogP contribution in [-0.4, -0.2) is 24.5 Å². The van der Waals surface area contributed by atoms with Gasteiger partial charge in [0.15, 0.2) is 0 Å². The van der Waals surface area contributed by atoms with Crippen molar-refractivity contribution in [3.05, 3.63) is 29.8 Å². The zero-order valence-corrected chi connectivity index (χ0v) is 10.3. The highest BCUT2D eigenvalue weighted by Crippen LogP contribution is 2.10. The third-order valence-electron chi connectivity index (χ3n) is 1.96. The van der Waals surface area contributed by atoms with Crippen LogP contribution in [0.5, 0.6) is 0 Å². The molecule has 0 aliphatic heterocycles. The molecule has 1 rings (SSSR count). The molecule has 0 spiro atoms. The molecule has 1 aromatic carbocycles. The summed E-state index contributed by atoms with van der Waals surface area (Å²) >= 11 is 3.20. The number of rotatable bonds is 4. The second-order valence-corrected chi connectivity index (χ2v) is 4.17. The van der Waals surface area contributed by atoms with E-state index in [-0.39, 0.29) is 10.8 Å². The highest BCUT2D eigenvalue weighted by atomic mass is 79.9. The van der Waals surface area contributed by atoms with Crippen molar-refractivity contribution in [1.82, 2.24) is 0 Å². The van der Waals surface area contributed by atoms with Gasteiger partial charge >= 0.3 is 5.97 Å². The number of alkyl halides is 1. The molecule has 0 saturated heterocycles. The van der Waals surface area contributed by atoms with Gasteiger partial charge in [0.2, 0.25) is 0 Å². The number of carbonyl (C=O) groups is 1. The highest BCUT2D eigenvalue weighted by molar-refractivity contribution is 9.10. The van der Waals surface area contributed by atoms with Crippen LogP contribution in [-0.2, 0) is 9.53 Å². The summed E-state index contributed by atoms with van der Waals surface area (Å²) in [5.74, 6) is -0.318. The van der Waals surface area contributed by atoms with Gasteiger partial charge in [0.25, 0.3) is 0 Å². The molecule has 0 aromatic heterocycles. The summed E-state index contributed by atoms with van der Waals surface area (Å²) < 4.78 is 4.57. The Morgan fingerprint density at radius 2 is 2.19 bits per heavy atom. The average molecular weight is 283 g/mol. The van der Waals surface area contributed by atoms with Gasteiger partial charge in [0.1, 0.15) is 4.83 Å². The van der Waals surface area contributed by atoms with E-state index in [1.165, 1.54) is 7.11 Å². The lowest BCUT2D eigenvalue weighted by atomic mass is 10.2. The number of halogens is 1. The van der Waals surface area contributed by atoms with E-state index in [1.54, 1.807) is 24.3 Å². The van der Waals surface area contributed by atoms with E-state index in [4.69, 9.17) is 5.26 Å². The molecule has 0 saturated carbocycles. The van der Waals surface area contributed by atoms with E-state index in [1.807, 2.05) is 6.07 Å². The number of methoxy groups -OCH3 is 1. The molecular formula is C11H11BrN2O2. The van der Waals surface area contributed by atoms with E-state index in [0.717, 1.165) is 5.69 Å². The number of hydrogen-bond acceptors (Lipinski definition) is 4. The summed E-state index contributed by atoms with van der Waals surface area (Å²) in [6.45, 7) is 0.429.